The first-order chi connectivity index (χ1) is 17.0. The van der Waals surface area contributed by atoms with E-state index in [0.29, 0.717) is 45.0 Å². The molecule has 1 unspecified atom stereocenters. The third kappa shape index (κ3) is 5.00. The number of ether oxygens (including phenoxy) is 1. The van der Waals surface area contributed by atoms with Crippen molar-refractivity contribution in [3.05, 3.63) is 58.6 Å². The highest BCUT2D eigenvalue weighted by atomic mass is 16.5. The molecule has 1 spiro atoms. The molecule has 3 heterocycles. The van der Waals surface area contributed by atoms with Crippen LogP contribution in [0.3, 0.4) is 0 Å². The van der Waals surface area contributed by atoms with E-state index >= 15 is 0 Å². The maximum atomic E-state index is 13.1. The van der Waals surface area contributed by atoms with Crippen LogP contribution in [-0.4, -0.2) is 70.5 Å². The molecule has 188 valence electrons. The molecule has 8 heteroatoms. The van der Waals surface area contributed by atoms with Gasteiger partial charge in [0.1, 0.15) is 5.82 Å². The van der Waals surface area contributed by atoms with Gasteiger partial charge in [-0.05, 0) is 31.2 Å². The van der Waals surface area contributed by atoms with E-state index in [1.807, 2.05) is 23.1 Å². The number of rotatable bonds is 6. The first-order valence-electron chi connectivity index (χ1n) is 12.9. The number of hydrogen-bond acceptors (Lipinski definition) is 6. The highest BCUT2D eigenvalue weighted by Gasteiger charge is 2.55. The van der Waals surface area contributed by atoms with E-state index in [2.05, 4.69) is 22.0 Å². The molecular formula is C27H36N4O4. The number of aryl methyl sites for hydroxylation is 1. The summed E-state index contributed by atoms with van der Waals surface area (Å²) < 4.78 is 6.94. The number of aliphatic hydroxyl groups is 1. The van der Waals surface area contributed by atoms with Gasteiger partial charge in [0.15, 0.2) is 0 Å². The molecule has 1 saturated carbocycles. The minimum Gasteiger partial charge on any atom is -0.387 e. The second kappa shape index (κ2) is 10.1. The van der Waals surface area contributed by atoms with Crippen LogP contribution < -0.4 is 10.5 Å². The van der Waals surface area contributed by atoms with Crippen molar-refractivity contribution in [2.75, 3.05) is 44.3 Å². The van der Waals surface area contributed by atoms with Crippen molar-refractivity contribution in [1.82, 2.24) is 14.5 Å². The van der Waals surface area contributed by atoms with Crippen LogP contribution in [0.1, 0.15) is 44.1 Å². The van der Waals surface area contributed by atoms with E-state index in [4.69, 9.17) is 4.74 Å². The number of carbonyl (C=O) groups excluding carboxylic acids is 1. The Morgan fingerprint density at radius 2 is 1.80 bits per heavy atom. The van der Waals surface area contributed by atoms with Crippen LogP contribution in [0.5, 0.6) is 0 Å². The van der Waals surface area contributed by atoms with Crippen molar-refractivity contribution in [2.24, 2.45) is 5.41 Å². The largest absolute Gasteiger partial charge is 0.387 e. The van der Waals surface area contributed by atoms with Gasteiger partial charge >= 0.3 is 0 Å². The number of benzene rings is 1. The zero-order valence-electron chi connectivity index (χ0n) is 20.4. The number of piperidine rings is 1. The summed E-state index contributed by atoms with van der Waals surface area (Å²) in [7, 11) is 0. The molecule has 35 heavy (non-hydrogen) atoms. The summed E-state index contributed by atoms with van der Waals surface area (Å²) in [5.74, 6) is 0.812. The van der Waals surface area contributed by atoms with Crippen LogP contribution in [0, 0.1) is 5.41 Å². The van der Waals surface area contributed by atoms with Crippen molar-refractivity contribution in [2.45, 2.75) is 57.1 Å². The SMILES string of the molecule is O=C(CCc1ccccc1)N1CCC(O)(Cn2cnc(N3CCOCC3)cc2=O)C2(CCCC2)C1. The third-order valence-corrected chi connectivity index (χ3v) is 8.29. The van der Waals surface area contributed by atoms with E-state index in [1.54, 1.807) is 17.0 Å². The van der Waals surface area contributed by atoms with Crippen molar-refractivity contribution < 1.29 is 14.6 Å². The molecule has 0 bridgehead atoms. The fourth-order valence-corrected chi connectivity index (χ4v) is 6.15. The highest BCUT2D eigenvalue weighted by Crippen LogP contribution is 2.51. The zero-order valence-corrected chi connectivity index (χ0v) is 20.4. The lowest BCUT2D eigenvalue weighted by Gasteiger charge is -2.52. The molecule has 1 amide bonds. The van der Waals surface area contributed by atoms with Crippen LogP contribution in [0.25, 0.3) is 0 Å². The van der Waals surface area contributed by atoms with E-state index in [9.17, 15) is 14.7 Å². The molecule has 2 aliphatic heterocycles. The highest BCUT2D eigenvalue weighted by molar-refractivity contribution is 5.76. The zero-order chi connectivity index (χ0) is 24.3. The molecule has 1 atom stereocenters. The van der Waals surface area contributed by atoms with Crippen molar-refractivity contribution >= 4 is 11.7 Å². The predicted molar refractivity (Wildman–Crippen MR) is 133 cm³/mol. The molecule has 1 N–H and O–H groups in total. The number of hydrogen-bond donors (Lipinski definition) is 1. The van der Waals surface area contributed by atoms with Gasteiger partial charge in [-0.15, -0.1) is 0 Å². The van der Waals surface area contributed by atoms with Gasteiger partial charge in [-0.25, -0.2) is 4.98 Å². The van der Waals surface area contributed by atoms with Crippen LogP contribution in [0.4, 0.5) is 5.82 Å². The molecule has 3 aliphatic rings. The first-order valence-corrected chi connectivity index (χ1v) is 12.9. The van der Waals surface area contributed by atoms with Crippen molar-refractivity contribution in [1.29, 1.82) is 0 Å². The Balaban J connectivity index is 1.29. The molecule has 2 aromatic rings. The molecule has 3 fully saturated rings. The summed E-state index contributed by atoms with van der Waals surface area (Å²) in [6.07, 6.45) is 7.08. The molecule has 2 saturated heterocycles. The third-order valence-electron chi connectivity index (χ3n) is 8.29. The fraction of sp³-hybridized carbons (Fsp3) is 0.593. The maximum Gasteiger partial charge on any atom is 0.255 e. The van der Waals surface area contributed by atoms with Gasteiger partial charge in [0.05, 0.1) is 31.7 Å². The van der Waals surface area contributed by atoms with Crippen LogP contribution in [0.15, 0.2) is 47.5 Å². The van der Waals surface area contributed by atoms with Gasteiger partial charge < -0.3 is 19.6 Å². The minimum absolute atomic E-state index is 0.149. The van der Waals surface area contributed by atoms with Crippen LogP contribution in [0.2, 0.25) is 0 Å². The van der Waals surface area contributed by atoms with Crippen LogP contribution in [-0.2, 0) is 22.5 Å². The lowest BCUT2D eigenvalue weighted by Crippen LogP contribution is -2.62. The summed E-state index contributed by atoms with van der Waals surface area (Å²) in [5.41, 5.74) is -0.399. The summed E-state index contributed by atoms with van der Waals surface area (Å²) in [6.45, 7) is 4.00. The van der Waals surface area contributed by atoms with E-state index < -0.39 is 5.60 Å². The average Bonchev–Trinajstić information content (AvgIpc) is 3.37. The number of likely N-dealkylation sites (tertiary alicyclic amines) is 1. The standard InChI is InChI=1S/C27H36N4O4/c32-24(9-8-22-6-2-1-3-7-22)30-13-12-27(34,26(19-30)10-4-5-11-26)20-31-21-28-23(18-25(31)33)29-14-16-35-17-15-29/h1-3,6-7,18,21,34H,4-5,8-17,19-20H2. The van der Waals surface area contributed by atoms with E-state index in [0.717, 1.165) is 50.8 Å². The summed E-state index contributed by atoms with van der Waals surface area (Å²) in [6, 6.07) is 11.7. The predicted octanol–water partition coefficient (Wildman–Crippen LogP) is 2.24. The summed E-state index contributed by atoms with van der Waals surface area (Å²) >= 11 is 0. The van der Waals surface area contributed by atoms with Gasteiger partial charge in [-0.3, -0.25) is 14.2 Å². The smallest absolute Gasteiger partial charge is 0.255 e. The van der Waals surface area contributed by atoms with Gasteiger partial charge in [-0.2, -0.15) is 0 Å². The summed E-state index contributed by atoms with van der Waals surface area (Å²) in [5, 5.41) is 12.0. The Morgan fingerprint density at radius 1 is 1.06 bits per heavy atom. The second-order valence-electron chi connectivity index (χ2n) is 10.4. The van der Waals surface area contributed by atoms with E-state index in [1.165, 1.54) is 0 Å². The lowest BCUT2D eigenvalue weighted by molar-refractivity contribution is -0.160. The van der Waals surface area contributed by atoms with Gasteiger partial charge in [0.25, 0.3) is 5.56 Å². The number of morpholine rings is 1. The number of amides is 1. The maximum absolute atomic E-state index is 13.1. The topological polar surface area (TPSA) is 87.9 Å². The Kier molecular flexibility index (Phi) is 6.93. The molecule has 1 aromatic heterocycles. The van der Waals surface area contributed by atoms with Gasteiger partial charge in [0.2, 0.25) is 5.91 Å². The average molecular weight is 481 g/mol. The quantitative estimate of drug-likeness (QED) is 0.682. The Hall–Kier alpha value is -2.71. The molecule has 5 rings (SSSR count). The second-order valence-corrected chi connectivity index (χ2v) is 10.4. The van der Waals surface area contributed by atoms with Crippen molar-refractivity contribution in [3.63, 3.8) is 0 Å². The Morgan fingerprint density at radius 3 is 2.51 bits per heavy atom. The van der Waals surface area contributed by atoms with Crippen LogP contribution >= 0.6 is 0 Å². The number of anilines is 1. The Bertz CT molecular complexity index is 1080. The monoisotopic (exact) mass is 480 g/mol. The number of nitrogens with zero attached hydrogens (tertiary/aromatic N) is 4. The fourth-order valence-electron chi connectivity index (χ4n) is 6.15. The minimum atomic E-state index is -1.04. The summed E-state index contributed by atoms with van der Waals surface area (Å²) in [4.78, 5) is 34.6. The van der Waals surface area contributed by atoms with Gasteiger partial charge in [-0.1, -0.05) is 43.2 Å². The van der Waals surface area contributed by atoms with Crippen molar-refractivity contribution in [3.8, 4) is 0 Å². The number of aromatic nitrogens is 2. The molecular weight excluding hydrogens is 444 g/mol. The molecule has 0 radical (unpaired) electrons. The Labute approximate surface area is 206 Å². The molecule has 8 nitrogen and oxygen atoms in total. The molecule has 1 aromatic carbocycles. The number of carbonyl (C=O) groups is 1. The lowest BCUT2D eigenvalue weighted by atomic mass is 9.65. The normalized spacial score (nSPS) is 24.1. The molecule has 1 aliphatic carbocycles. The van der Waals surface area contributed by atoms with E-state index in [-0.39, 0.29) is 23.4 Å². The first kappa shape index (κ1) is 24.0. The van der Waals surface area contributed by atoms with Gasteiger partial charge in [0, 0.05) is 44.1 Å².